The Morgan fingerprint density at radius 2 is 1.97 bits per heavy atom. The summed E-state index contributed by atoms with van der Waals surface area (Å²) in [5, 5.41) is 10.5. The Hall–Kier alpha value is -2.37. The van der Waals surface area contributed by atoms with Crippen molar-refractivity contribution in [2.45, 2.75) is 44.2 Å². The first-order valence-corrected chi connectivity index (χ1v) is 11.2. The Balaban J connectivity index is 1.23. The molecule has 0 bridgehead atoms. The van der Waals surface area contributed by atoms with Crippen LogP contribution in [0.1, 0.15) is 48.0 Å². The fraction of sp³-hybridized carbons (Fsp3) is 0.480. The molecule has 1 N–H and O–H groups in total. The van der Waals surface area contributed by atoms with Gasteiger partial charge in [0.25, 0.3) is 0 Å². The first-order valence-electron chi connectivity index (χ1n) is 11.2. The molecule has 5 rings (SSSR count). The standard InChI is InChI=1S/C25H31N3O2/c1-17-8-10-18(11-9-17)23(29)7-4-13-27-14-12-21-20(15-27)19-5-3-6-22-25(19)28(21)16-24(30)26(22)2/h3,5-6,8-11,20-21,23,29H,4,7,12-16H2,1-2H3/t20-,21-,23?/m0/s1. The van der Waals surface area contributed by atoms with E-state index in [1.807, 2.05) is 24.1 Å². The highest BCUT2D eigenvalue weighted by Crippen LogP contribution is 2.50. The predicted molar refractivity (Wildman–Crippen MR) is 120 cm³/mol. The number of likely N-dealkylation sites (tertiary alicyclic amines) is 1. The number of piperidine rings is 1. The highest BCUT2D eigenvalue weighted by atomic mass is 16.3. The number of aliphatic hydroxyl groups is 1. The lowest BCUT2D eigenvalue weighted by molar-refractivity contribution is -0.117. The molecule has 2 aromatic rings. The first kappa shape index (κ1) is 19.6. The summed E-state index contributed by atoms with van der Waals surface area (Å²) in [6.45, 7) is 5.69. The molecular weight excluding hydrogens is 374 g/mol. The molecule has 0 spiro atoms. The van der Waals surface area contributed by atoms with Gasteiger partial charge < -0.3 is 19.8 Å². The predicted octanol–water partition coefficient (Wildman–Crippen LogP) is 3.46. The summed E-state index contributed by atoms with van der Waals surface area (Å²) in [6.07, 6.45) is 2.49. The number of nitrogens with zero attached hydrogens (tertiary/aromatic N) is 3. The summed E-state index contributed by atoms with van der Waals surface area (Å²) in [7, 11) is 1.89. The van der Waals surface area contributed by atoms with Crippen molar-refractivity contribution >= 4 is 17.3 Å². The van der Waals surface area contributed by atoms with Crippen molar-refractivity contribution in [1.29, 1.82) is 0 Å². The Bertz CT molecular complexity index is 942. The largest absolute Gasteiger partial charge is 0.388 e. The third-order valence-corrected chi connectivity index (χ3v) is 7.25. The number of aryl methyl sites for hydroxylation is 1. The number of fused-ring (bicyclic) bond motifs is 3. The van der Waals surface area contributed by atoms with Crippen molar-refractivity contribution in [2.75, 3.05) is 43.0 Å². The van der Waals surface area contributed by atoms with E-state index in [2.05, 4.69) is 47.1 Å². The molecule has 2 aromatic carbocycles. The van der Waals surface area contributed by atoms with Crippen LogP contribution in [-0.2, 0) is 4.79 Å². The van der Waals surface area contributed by atoms with Crippen LogP contribution in [0.15, 0.2) is 42.5 Å². The van der Waals surface area contributed by atoms with Gasteiger partial charge in [-0.25, -0.2) is 0 Å². The molecule has 3 atom stereocenters. The minimum Gasteiger partial charge on any atom is -0.388 e. The number of para-hydroxylation sites is 1. The molecule has 3 aliphatic rings. The Morgan fingerprint density at radius 1 is 1.17 bits per heavy atom. The van der Waals surface area contributed by atoms with Gasteiger partial charge in [-0.3, -0.25) is 4.79 Å². The number of amides is 1. The smallest absolute Gasteiger partial charge is 0.246 e. The van der Waals surface area contributed by atoms with Crippen molar-refractivity contribution in [3.8, 4) is 0 Å². The van der Waals surface area contributed by atoms with E-state index in [0.717, 1.165) is 50.1 Å². The fourth-order valence-electron chi connectivity index (χ4n) is 5.53. The van der Waals surface area contributed by atoms with Gasteiger partial charge in [-0.15, -0.1) is 0 Å². The van der Waals surface area contributed by atoms with Gasteiger partial charge in [0, 0.05) is 32.1 Å². The maximum absolute atomic E-state index is 12.5. The van der Waals surface area contributed by atoms with E-state index < -0.39 is 0 Å². The fourth-order valence-corrected chi connectivity index (χ4v) is 5.53. The third kappa shape index (κ3) is 3.30. The lowest BCUT2D eigenvalue weighted by Gasteiger charge is -2.41. The van der Waals surface area contributed by atoms with E-state index in [1.165, 1.54) is 16.8 Å². The van der Waals surface area contributed by atoms with E-state index >= 15 is 0 Å². The van der Waals surface area contributed by atoms with Crippen LogP contribution >= 0.6 is 0 Å². The summed E-state index contributed by atoms with van der Waals surface area (Å²) in [5.74, 6) is 0.655. The molecule has 30 heavy (non-hydrogen) atoms. The number of aliphatic hydroxyl groups excluding tert-OH is 1. The zero-order valence-corrected chi connectivity index (χ0v) is 17.9. The number of hydrogen-bond acceptors (Lipinski definition) is 4. The average molecular weight is 406 g/mol. The molecule has 0 aliphatic carbocycles. The molecule has 3 aliphatic heterocycles. The molecule has 1 saturated heterocycles. The number of carbonyl (C=O) groups is 1. The highest BCUT2D eigenvalue weighted by Gasteiger charge is 2.46. The Morgan fingerprint density at radius 3 is 2.77 bits per heavy atom. The number of hydrogen-bond donors (Lipinski definition) is 1. The zero-order chi connectivity index (χ0) is 20.8. The van der Waals surface area contributed by atoms with Gasteiger partial charge in [0.2, 0.25) is 5.91 Å². The first-order chi connectivity index (χ1) is 14.5. The van der Waals surface area contributed by atoms with Crippen LogP contribution in [0.4, 0.5) is 11.4 Å². The summed E-state index contributed by atoms with van der Waals surface area (Å²) in [4.78, 5) is 19.2. The number of likely N-dealkylation sites (N-methyl/N-ethyl adjacent to an activating group) is 1. The normalized spacial score (nSPS) is 24.0. The summed E-state index contributed by atoms with van der Waals surface area (Å²) in [5.41, 5.74) is 5.98. The topological polar surface area (TPSA) is 47.0 Å². The minimum atomic E-state index is -0.385. The summed E-state index contributed by atoms with van der Waals surface area (Å²) >= 11 is 0. The molecule has 5 heteroatoms. The molecule has 5 nitrogen and oxygen atoms in total. The molecule has 0 radical (unpaired) electrons. The second-order valence-corrected chi connectivity index (χ2v) is 9.13. The highest BCUT2D eigenvalue weighted by molar-refractivity contribution is 6.04. The van der Waals surface area contributed by atoms with E-state index in [0.29, 0.717) is 18.5 Å². The van der Waals surface area contributed by atoms with Crippen LogP contribution in [0.3, 0.4) is 0 Å². The molecule has 1 amide bonds. The number of anilines is 2. The van der Waals surface area contributed by atoms with Crippen molar-refractivity contribution in [2.24, 2.45) is 0 Å². The second kappa shape index (κ2) is 7.71. The minimum absolute atomic E-state index is 0.188. The number of carbonyl (C=O) groups excluding carboxylic acids is 1. The van der Waals surface area contributed by atoms with Gasteiger partial charge in [-0.2, -0.15) is 0 Å². The van der Waals surface area contributed by atoms with Crippen LogP contribution < -0.4 is 9.80 Å². The summed E-state index contributed by atoms with van der Waals surface area (Å²) in [6, 6.07) is 15.1. The van der Waals surface area contributed by atoms with Crippen molar-refractivity contribution in [3.05, 3.63) is 59.2 Å². The van der Waals surface area contributed by atoms with Crippen LogP contribution in [0.25, 0.3) is 0 Å². The molecule has 0 saturated carbocycles. The lowest BCUT2D eigenvalue weighted by Crippen LogP contribution is -2.51. The van der Waals surface area contributed by atoms with E-state index in [9.17, 15) is 9.90 Å². The maximum Gasteiger partial charge on any atom is 0.246 e. The molecule has 0 aromatic heterocycles. The van der Waals surface area contributed by atoms with Gasteiger partial charge in [-0.1, -0.05) is 42.0 Å². The van der Waals surface area contributed by atoms with Crippen LogP contribution in [0.2, 0.25) is 0 Å². The molecular formula is C25H31N3O2. The van der Waals surface area contributed by atoms with E-state index in [4.69, 9.17) is 0 Å². The molecule has 1 unspecified atom stereocenters. The molecule has 158 valence electrons. The summed E-state index contributed by atoms with van der Waals surface area (Å²) < 4.78 is 0. The molecule has 3 heterocycles. The second-order valence-electron chi connectivity index (χ2n) is 9.13. The Labute approximate surface area is 178 Å². The molecule has 1 fully saturated rings. The average Bonchev–Trinajstić information content (AvgIpc) is 3.06. The van der Waals surface area contributed by atoms with E-state index in [1.54, 1.807) is 0 Å². The number of benzene rings is 2. The SMILES string of the molecule is Cc1ccc(C(O)CCCN2CC[C@H]3[C@@H](C2)c2cccc4c2N3CC(=O)N4C)cc1. The van der Waals surface area contributed by atoms with Crippen LogP contribution in [-0.4, -0.2) is 55.2 Å². The van der Waals surface area contributed by atoms with Gasteiger partial charge in [0.1, 0.15) is 0 Å². The van der Waals surface area contributed by atoms with E-state index in [-0.39, 0.29) is 12.0 Å². The van der Waals surface area contributed by atoms with Gasteiger partial charge in [-0.05, 0) is 49.9 Å². The zero-order valence-electron chi connectivity index (χ0n) is 17.9. The third-order valence-electron chi connectivity index (χ3n) is 7.25. The monoisotopic (exact) mass is 405 g/mol. The Kier molecular flexibility index (Phi) is 5.03. The van der Waals surface area contributed by atoms with Crippen molar-refractivity contribution < 1.29 is 9.90 Å². The van der Waals surface area contributed by atoms with Crippen LogP contribution in [0.5, 0.6) is 0 Å². The van der Waals surface area contributed by atoms with Gasteiger partial charge >= 0.3 is 0 Å². The van der Waals surface area contributed by atoms with Crippen molar-refractivity contribution in [3.63, 3.8) is 0 Å². The maximum atomic E-state index is 12.5. The van der Waals surface area contributed by atoms with Crippen LogP contribution in [0, 0.1) is 6.92 Å². The van der Waals surface area contributed by atoms with Crippen molar-refractivity contribution in [1.82, 2.24) is 4.90 Å². The number of rotatable bonds is 5. The van der Waals surface area contributed by atoms with Gasteiger partial charge in [0.15, 0.2) is 0 Å². The van der Waals surface area contributed by atoms with Gasteiger partial charge in [0.05, 0.1) is 24.0 Å². The lowest BCUT2D eigenvalue weighted by atomic mass is 9.89. The quantitative estimate of drug-likeness (QED) is 0.828.